The molecule has 2 atom stereocenters. The summed E-state index contributed by atoms with van der Waals surface area (Å²) in [6.45, 7) is 4.25. The summed E-state index contributed by atoms with van der Waals surface area (Å²) in [5.74, 6) is 1.04. The summed E-state index contributed by atoms with van der Waals surface area (Å²) in [6.07, 6.45) is 2.16. The maximum atomic E-state index is 10.8. The first kappa shape index (κ1) is 13.2. The number of hydrogen-bond acceptors (Lipinski definition) is 3. The highest BCUT2D eigenvalue weighted by Crippen LogP contribution is 2.31. The molecule has 90 valence electrons. The smallest absolute Gasteiger partial charge is 0.123 e. The Bertz CT molecular complexity index is 377. The molecule has 16 heavy (non-hydrogen) atoms. The van der Waals surface area contributed by atoms with E-state index in [-0.39, 0.29) is 4.90 Å². The van der Waals surface area contributed by atoms with Crippen molar-refractivity contribution in [2.24, 2.45) is 0 Å². The molecule has 0 N–H and O–H groups in total. The minimum absolute atomic E-state index is 0.268. The van der Waals surface area contributed by atoms with Gasteiger partial charge >= 0.3 is 0 Å². The Kier molecular flexibility index (Phi) is 4.96. The lowest BCUT2D eigenvalue weighted by atomic mass is 9.96. The van der Waals surface area contributed by atoms with Crippen LogP contribution in [0.25, 0.3) is 0 Å². The fourth-order valence-corrected chi connectivity index (χ4v) is 2.17. The van der Waals surface area contributed by atoms with Gasteiger partial charge < -0.3 is 9.29 Å². The highest BCUT2D eigenvalue weighted by Gasteiger charge is 2.11. The lowest BCUT2D eigenvalue weighted by Crippen LogP contribution is -1.99. The van der Waals surface area contributed by atoms with Gasteiger partial charge in [0.05, 0.1) is 7.11 Å². The summed E-state index contributed by atoms with van der Waals surface area (Å²) in [6, 6.07) is 5.03. The molecule has 1 aromatic rings. The summed E-state index contributed by atoms with van der Waals surface area (Å²) in [4.78, 5) is 0.268. The molecule has 3 nitrogen and oxygen atoms in total. The number of rotatable bonds is 5. The van der Waals surface area contributed by atoms with Gasteiger partial charge in [0.2, 0.25) is 0 Å². The number of hydrogen-bond donors (Lipinski definition) is 0. The van der Waals surface area contributed by atoms with Crippen LogP contribution in [0.3, 0.4) is 0 Å². The Morgan fingerprint density at radius 3 is 2.69 bits per heavy atom. The summed E-state index contributed by atoms with van der Waals surface area (Å²) >= 11 is -2.20. The molecule has 0 saturated carbocycles. The van der Waals surface area contributed by atoms with Crippen LogP contribution in [0.1, 0.15) is 38.2 Å². The standard InChI is InChI=1S/C12H18O3S/c1-4-5-9(2)11-7-6-10(16(13)14)8-12(11)15-3/h6-9H,4-5H2,1-3H3,(H,13,14)/p-1. The second-order valence-electron chi connectivity index (χ2n) is 3.83. The molecule has 0 aromatic heterocycles. The predicted octanol–water partition coefficient (Wildman–Crippen LogP) is 2.84. The van der Waals surface area contributed by atoms with Crippen molar-refractivity contribution in [3.05, 3.63) is 23.8 Å². The summed E-state index contributed by atoms with van der Waals surface area (Å²) in [5.41, 5.74) is 1.07. The predicted molar refractivity (Wildman–Crippen MR) is 63.5 cm³/mol. The van der Waals surface area contributed by atoms with Crippen molar-refractivity contribution in [2.45, 2.75) is 37.5 Å². The molecular formula is C12H17O3S-. The largest absolute Gasteiger partial charge is 0.768 e. The third kappa shape index (κ3) is 3.06. The SMILES string of the molecule is CCCC(C)c1ccc(S(=O)[O-])cc1OC. The average Bonchev–Trinajstić information content (AvgIpc) is 2.28. The monoisotopic (exact) mass is 241 g/mol. The van der Waals surface area contributed by atoms with E-state index in [0.717, 1.165) is 18.4 Å². The van der Waals surface area contributed by atoms with Crippen LogP contribution in [-0.4, -0.2) is 15.9 Å². The molecule has 0 spiro atoms. The summed E-state index contributed by atoms with van der Waals surface area (Å²) < 4.78 is 26.9. The zero-order valence-electron chi connectivity index (χ0n) is 9.86. The Labute approximate surface area is 99.1 Å². The van der Waals surface area contributed by atoms with E-state index in [9.17, 15) is 8.76 Å². The first-order chi connectivity index (χ1) is 7.60. The van der Waals surface area contributed by atoms with E-state index in [0.29, 0.717) is 11.7 Å². The molecule has 0 aliphatic rings. The van der Waals surface area contributed by atoms with Crippen LogP contribution >= 0.6 is 0 Å². The molecule has 0 radical (unpaired) electrons. The van der Waals surface area contributed by atoms with Crippen molar-refractivity contribution in [3.63, 3.8) is 0 Å². The Balaban J connectivity index is 3.06. The minimum Gasteiger partial charge on any atom is -0.768 e. The van der Waals surface area contributed by atoms with E-state index >= 15 is 0 Å². The molecule has 0 aliphatic carbocycles. The van der Waals surface area contributed by atoms with Gasteiger partial charge in [-0.25, -0.2) is 0 Å². The van der Waals surface area contributed by atoms with Crippen molar-refractivity contribution in [2.75, 3.05) is 7.11 Å². The normalized spacial score (nSPS) is 14.5. The van der Waals surface area contributed by atoms with Crippen molar-refractivity contribution >= 4 is 11.1 Å². The van der Waals surface area contributed by atoms with Crippen LogP contribution in [0, 0.1) is 0 Å². The molecule has 0 heterocycles. The Hall–Kier alpha value is -0.870. The lowest BCUT2D eigenvalue weighted by molar-refractivity contribution is 0.403. The molecule has 1 rings (SSSR count). The molecule has 0 saturated heterocycles. The zero-order chi connectivity index (χ0) is 12.1. The maximum Gasteiger partial charge on any atom is 0.123 e. The van der Waals surface area contributed by atoms with Gasteiger partial charge in [-0.2, -0.15) is 0 Å². The maximum absolute atomic E-state index is 10.8. The molecule has 0 amide bonds. The minimum atomic E-state index is -2.20. The van der Waals surface area contributed by atoms with Crippen LogP contribution < -0.4 is 4.74 Å². The van der Waals surface area contributed by atoms with Gasteiger partial charge in [-0.05, 0) is 41.1 Å². The van der Waals surface area contributed by atoms with Gasteiger partial charge in [0.25, 0.3) is 0 Å². The number of methoxy groups -OCH3 is 1. The van der Waals surface area contributed by atoms with Gasteiger partial charge in [0.1, 0.15) is 5.75 Å². The van der Waals surface area contributed by atoms with E-state index in [1.165, 1.54) is 0 Å². The van der Waals surface area contributed by atoms with Gasteiger partial charge in [-0.3, -0.25) is 4.21 Å². The molecule has 4 heteroatoms. The van der Waals surface area contributed by atoms with Crippen LogP contribution in [0.15, 0.2) is 23.1 Å². The second-order valence-corrected chi connectivity index (χ2v) is 4.77. The molecule has 0 fully saturated rings. The van der Waals surface area contributed by atoms with Crippen LogP contribution in [0.4, 0.5) is 0 Å². The van der Waals surface area contributed by atoms with Crippen molar-refractivity contribution in [1.82, 2.24) is 0 Å². The Morgan fingerprint density at radius 2 is 2.19 bits per heavy atom. The molecule has 0 bridgehead atoms. The van der Waals surface area contributed by atoms with Crippen molar-refractivity contribution in [1.29, 1.82) is 0 Å². The van der Waals surface area contributed by atoms with E-state index in [2.05, 4.69) is 13.8 Å². The van der Waals surface area contributed by atoms with E-state index in [1.54, 1.807) is 19.2 Å². The first-order valence-corrected chi connectivity index (χ1v) is 6.44. The summed E-state index contributed by atoms with van der Waals surface area (Å²) in [7, 11) is 1.56. The van der Waals surface area contributed by atoms with Crippen molar-refractivity contribution < 1.29 is 13.5 Å². The molecule has 2 unspecified atom stereocenters. The van der Waals surface area contributed by atoms with E-state index in [1.807, 2.05) is 6.07 Å². The average molecular weight is 241 g/mol. The van der Waals surface area contributed by atoms with Crippen molar-refractivity contribution in [3.8, 4) is 5.75 Å². The second kappa shape index (κ2) is 6.01. The fourth-order valence-electron chi connectivity index (χ4n) is 1.79. The zero-order valence-corrected chi connectivity index (χ0v) is 10.7. The van der Waals surface area contributed by atoms with Gasteiger partial charge in [0, 0.05) is 4.90 Å². The topological polar surface area (TPSA) is 49.4 Å². The lowest BCUT2D eigenvalue weighted by Gasteiger charge is -2.16. The van der Waals surface area contributed by atoms with E-state index in [4.69, 9.17) is 4.74 Å². The van der Waals surface area contributed by atoms with Gasteiger partial charge in [-0.1, -0.05) is 26.3 Å². The highest BCUT2D eigenvalue weighted by molar-refractivity contribution is 7.79. The quantitative estimate of drug-likeness (QED) is 0.745. The van der Waals surface area contributed by atoms with E-state index < -0.39 is 11.1 Å². The van der Waals surface area contributed by atoms with Gasteiger partial charge in [-0.15, -0.1) is 0 Å². The molecule has 0 aliphatic heterocycles. The van der Waals surface area contributed by atoms with Gasteiger partial charge in [0.15, 0.2) is 0 Å². The molecular weight excluding hydrogens is 224 g/mol. The number of benzene rings is 1. The molecule has 1 aromatic carbocycles. The third-order valence-electron chi connectivity index (χ3n) is 2.65. The van der Waals surface area contributed by atoms with Crippen LogP contribution in [-0.2, 0) is 11.1 Å². The first-order valence-electron chi connectivity index (χ1n) is 5.37. The fraction of sp³-hybridized carbons (Fsp3) is 0.500. The van der Waals surface area contributed by atoms with Crippen LogP contribution in [0.5, 0.6) is 5.75 Å². The number of ether oxygens (including phenoxy) is 1. The third-order valence-corrected chi connectivity index (χ3v) is 3.29. The van der Waals surface area contributed by atoms with Crippen LogP contribution in [0.2, 0.25) is 0 Å². The summed E-state index contributed by atoms with van der Waals surface area (Å²) in [5, 5.41) is 0. The Morgan fingerprint density at radius 1 is 1.50 bits per heavy atom. The highest BCUT2D eigenvalue weighted by atomic mass is 32.2.